The lowest BCUT2D eigenvalue weighted by Crippen LogP contribution is -2.29. The molecule has 2 saturated heterocycles. The van der Waals surface area contributed by atoms with Crippen LogP contribution in [0.2, 0.25) is 0 Å². The summed E-state index contributed by atoms with van der Waals surface area (Å²) in [6.07, 6.45) is 17.3. The molecule has 4 aliphatic heterocycles. The predicted octanol–water partition coefficient (Wildman–Crippen LogP) is 9.98. The van der Waals surface area contributed by atoms with Crippen LogP contribution >= 0.6 is 0 Å². The summed E-state index contributed by atoms with van der Waals surface area (Å²) in [6, 6.07) is 17.2. The average Bonchev–Trinajstić information content (AvgIpc) is 3.77. The van der Waals surface area contributed by atoms with Crippen LogP contribution in [0.15, 0.2) is 108 Å². The third-order valence-electron chi connectivity index (χ3n) is 9.97. The summed E-state index contributed by atoms with van der Waals surface area (Å²) in [5.41, 5.74) is 10.9. The Hall–Kier alpha value is -5.64. The molecule has 52 heavy (non-hydrogen) atoms. The number of nitrogens with one attached hydrogen (secondary N) is 2. The maximum absolute atomic E-state index is 5.87. The fraction of sp³-hybridized carbons (Fsp3) is 0.333. The van der Waals surface area contributed by atoms with Crippen molar-refractivity contribution in [2.75, 3.05) is 46.6 Å². The first kappa shape index (κ1) is 33.5. The van der Waals surface area contributed by atoms with E-state index in [0.717, 1.165) is 76.8 Å². The number of amidine groups is 2. The Balaban J connectivity index is 1.21. The van der Waals surface area contributed by atoms with Crippen molar-refractivity contribution in [1.82, 2.24) is 0 Å². The van der Waals surface area contributed by atoms with Crippen molar-refractivity contribution < 1.29 is 8.83 Å². The Morgan fingerprint density at radius 1 is 0.635 bits per heavy atom. The second-order valence-corrected chi connectivity index (χ2v) is 14.2. The van der Waals surface area contributed by atoms with Crippen LogP contribution in [0, 0.1) is 13.8 Å². The van der Waals surface area contributed by atoms with Crippen molar-refractivity contribution in [3.8, 4) is 0 Å². The van der Waals surface area contributed by atoms with Gasteiger partial charge in [-0.2, -0.15) is 0 Å². The minimum Gasteiger partial charge on any atom is -0.448 e. The molecule has 2 aromatic carbocycles. The normalized spacial score (nSPS) is 21.5. The molecule has 4 aliphatic rings. The Bertz CT molecular complexity index is 2130. The van der Waals surface area contributed by atoms with Crippen molar-refractivity contribution in [2.45, 2.75) is 65.7 Å². The van der Waals surface area contributed by atoms with E-state index in [4.69, 9.17) is 18.8 Å². The molecule has 4 aromatic rings. The number of fused-ring (bicyclic) bond motifs is 2. The molecule has 8 rings (SSSR count). The summed E-state index contributed by atoms with van der Waals surface area (Å²) in [5.74, 6) is 2.67. The average molecular weight is 695 g/mol. The van der Waals surface area contributed by atoms with Crippen molar-refractivity contribution in [1.29, 1.82) is 0 Å². The van der Waals surface area contributed by atoms with Crippen LogP contribution in [0.25, 0.3) is 5.70 Å². The highest BCUT2D eigenvalue weighted by atomic mass is 16.3. The molecule has 0 radical (unpaired) electrons. The Labute approximate surface area is 305 Å². The SMILES string of the molecule is CC1=N/C=N\C2=NC(c3ccc(N4CCCCC4)cc3Nc3cc(C)co3)=C\C(=C/C(c3ccc(N4CCCCC4)cc3Nc3cc(C)co3)=N\1)C2. The van der Waals surface area contributed by atoms with Crippen LogP contribution in [-0.2, 0) is 0 Å². The molecular weight excluding hydrogens is 649 g/mol. The topological polar surface area (TPSA) is 106 Å². The number of aryl methyl sites for hydroxylation is 2. The first-order chi connectivity index (χ1) is 25.4. The number of hydrogen-bond acceptors (Lipinski definition) is 10. The van der Waals surface area contributed by atoms with Gasteiger partial charge in [-0.3, -0.25) is 0 Å². The Kier molecular flexibility index (Phi) is 9.61. The van der Waals surface area contributed by atoms with Gasteiger partial charge in [0.1, 0.15) is 18.0 Å². The Morgan fingerprint density at radius 2 is 1.21 bits per heavy atom. The fourth-order valence-corrected chi connectivity index (χ4v) is 7.33. The molecule has 0 atom stereocenters. The van der Waals surface area contributed by atoms with E-state index in [0.29, 0.717) is 29.9 Å². The van der Waals surface area contributed by atoms with Gasteiger partial charge in [0, 0.05) is 67.2 Å². The van der Waals surface area contributed by atoms with Crippen LogP contribution in [0.3, 0.4) is 0 Å². The van der Waals surface area contributed by atoms with Crippen LogP contribution in [0.4, 0.5) is 34.5 Å². The molecule has 10 heteroatoms. The van der Waals surface area contributed by atoms with Crippen LogP contribution < -0.4 is 20.4 Å². The summed E-state index contributed by atoms with van der Waals surface area (Å²) < 4.78 is 11.7. The molecule has 0 spiro atoms. The number of hydrogen-bond donors (Lipinski definition) is 2. The highest BCUT2D eigenvalue weighted by molar-refractivity contribution is 6.18. The van der Waals surface area contributed by atoms with Crippen molar-refractivity contribution in [3.63, 3.8) is 0 Å². The number of rotatable bonds is 8. The summed E-state index contributed by atoms with van der Waals surface area (Å²) in [6.45, 7) is 10.2. The van der Waals surface area contributed by atoms with E-state index in [9.17, 15) is 0 Å². The zero-order valence-electron chi connectivity index (χ0n) is 30.3. The van der Waals surface area contributed by atoms with Gasteiger partial charge in [0.25, 0.3) is 0 Å². The minimum atomic E-state index is 0.547. The van der Waals surface area contributed by atoms with Crippen LogP contribution in [0.5, 0.6) is 0 Å². The summed E-state index contributed by atoms with van der Waals surface area (Å²) in [5, 5.41) is 7.14. The highest BCUT2D eigenvalue weighted by Crippen LogP contribution is 2.37. The molecule has 6 heterocycles. The maximum Gasteiger partial charge on any atom is 0.197 e. The molecule has 2 aromatic heterocycles. The van der Waals surface area contributed by atoms with E-state index in [-0.39, 0.29) is 0 Å². The van der Waals surface area contributed by atoms with E-state index in [1.807, 2.05) is 32.9 Å². The van der Waals surface area contributed by atoms with Crippen LogP contribution in [0.1, 0.15) is 74.1 Å². The van der Waals surface area contributed by atoms with E-state index in [1.54, 1.807) is 18.9 Å². The molecule has 0 unspecified atom stereocenters. The van der Waals surface area contributed by atoms with E-state index < -0.39 is 0 Å². The van der Waals surface area contributed by atoms with Crippen molar-refractivity contribution in [2.24, 2.45) is 20.0 Å². The molecule has 2 fully saturated rings. The molecule has 0 saturated carbocycles. The standard InChI is InChI=1S/C42H46N8O2/c1-28-18-41(51-25-28)47-38-23-32(49-14-6-4-7-15-49)10-12-34(38)36-20-31-21-37(46-40(22-31)44-27-43-30(3)45-36)35-13-11-33(50-16-8-5-9-17-50)24-39(35)48-42-19-29(2)26-52-42/h10-13,18-21,23-27,47-48H,4-9,14-17,22H2,1-3H3/b31-20+,36-20?,43-27?,43-30-,44-27-,44-40?,45-30?,45-36+. The zero-order valence-corrected chi connectivity index (χ0v) is 30.3. The van der Waals surface area contributed by atoms with Gasteiger partial charge < -0.3 is 29.3 Å². The van der Waals surface area contributed by atoms with Gasteiger partial charge in [0.05, 0.1) is 35.3 Å². The van der Waals surface area contributed by atoms with Crippen molar-refractivity contribution in [3.05, 3.63) is 101 Å². The van der Waals surface area contributed by atoms with Gasteiger partial charge in [0.15, 0.2) is 11.8 Å². The summed E-state index contributed by atoms with van der Waals surface area (Å²) >= 11 is 0. The zero-order chi connectivity index (χ0) is 35.4. The fourth-order valence-electron chi connectivity index (χ4n) is 7.33. The highest BCUT2D eigenvalue weighted by Gasteiger charge is 2.21. The lowest BCUT2D eigenvalue weighted by atomic mass is 9.97. The smallest absolute Gasteiger partial charge is 0.197 e. The number of nitrogens with zero attached hydrogens (tertiary/aromatic N) is 6. The molecule has 10 nitrogen and oxygen atoms in total. The largest absolute Gasteiger partial charge is 0.448 e. The number of benzene rings is 2. The lowest BCUT2D eigenvalue weighted by Gasteiger charge is -2.29. The molecule has 2 bridgehead atoms. The number of piperidine rings is 2. The third kappa shape index (κ3) is 7.66. The van der Waals surface area contributed by atoms with Gasteiger partial charge in [0.2, 0.25) is 0 Å². The van der Waals surface area contributed by atoms with Crippen LogP contribution in [-0.4, -0.2) is 49.9 Å². The quantitative estimate of drug-likeness (QED) is 0.190. The number of aliphatic imine (C=N–C) groups is 4. The lowest BCUT2D eigenvalue weighted by molar-refractivity contribution is 0.577. The monoisotopic (exact) mass is 694 g/mol. The predicted molar refractivity (Wildman–Crippen MR) is 215 cm³/mol. The molecule has 0 aliphatic carbocycles. The second kappa shape index (κ2) is 14.9. The minimum absolute atomic E-state index is 0.547. The molecule has 266 valence electrons. The van der Waals surface area contributed by atoms with E-state index >= 15 is 0 Å². The van der Waals surface area contributed by atoms with Gasteiger partial charge >= 0.3 is 0 Å². The van der Waals surface area contributed by atoms with Gasteiger partial charge in [-0.15, -0.1) is 0 Å². The molecule has 0 amide bonds. The molecular formula is C42H46N8O2. The van der Waals surface area contributed by atoms with Crippen molar-refractivity contribution >= 4 is 63.9 Å². The van der Waals surface area contributed by atoms with Gasteiger partial charge in [-0.05, 0) is 125 Å². The first-order valence-electron chi connectivity index (χ1n) is 18.5. The third-order valence-corrected chi connectivity index (χ3v) is 9.97. The molecule has 2 N–H and O–H groups in total. The number of furan rings is 2. The summed E-state index contributed by atoms with van der Waals surface area (Å²) in [4.78, 5) is 24.3. The number of allylic oxidation sites excluding steroid dienone is 2. The first-order valence-corrected chi connectivity index (χ1v) is 18.5. The van der Waals surface area contributed by atoms with E-state index in [1.165, 1.54) is 49.9 Å². The second-order valence-electron chi connectivity index (χ2n) is 14.2. The van der Waals surface area contributed by atoms with Gasteiger partial charge in [-0.25, -0.2) is 20.0 Å². The van der Waals surface area contributed by atoms with Gasteiger partial charge in [-0.1, -0.05) is 0 Å². The van der Waals surface area contributed by atoms with E-state index in [2.05, 4.69) is 79.0 Å². The Morgan fingerprint density at radius 3 is 1.79 bits per heavy atom. The maximum atomic E-state index is 5.87. The number of anilines is 6. The summed E-state index contributed by atoms with van der Waals surface area (Å²) in [7, 11) is 0.